The topological polar surface area (TPSA) is 43.1 Å². The molecule has 0 radical (unpaired) electrons. The monoisotopic (exact) mass is 339 g/mol. The molecular weight excluding hydrogens is 317 g/mol. The fourth-order valence-corrected chi connectivity index (χ4v) is 4.30. The number of allylic oxidation sites excluding steroid dienone is 4. The minimum absolute atomic E-state index is 0.104. The van der Waals surface area contributed by atoms with Crippen molar-refractivity contribution in [2.75, 3.05) is 5.73 Å². The molecule has 2 N–H and O–H groups in total. The third-order valence-corrected chi connectivity index (χ3v) is 5.82. The Morgan fingerprint density at radius 1 is 1.15 bits per heavy atom. The summed E-state index contributed by atoms with van der Waals surface area (Å²) in [5.74, 6) is 2.36. The van der Waals surface area contributed by atoms with Crippen molar-refractivity contribution in [2.24, 2.45) is 5.92 Å². The lowest BCUT2D eigenvalue weighted by atomic mass is 9.56. The molecule has 1 fully saturated rings. The van der Waals surface area contributed by atoms with Crippen LogP contribution >= 0.6 is 0 Å². The van der Waals surface area contributed by atoms with Gasteiger partial charge in [0.1, 0.15) is 0 Å². The molecule has 0 saturated heterocycles. The average molecular weight is 339 g/mol. The number of nitrogen functional groups attached to an aromatic ring is 1. The number of carbonyl (C=O) groups is 1. The standard InChI is InChI=1S/C23H22BNO/c1-15-13-23(22(26)16(15)2,19-8-4-3-5-9-19)21-12-18(14-24-21)17-7-6-10-20(25)11-17/h3-12,14,16,24H,1,13,25H2,2H3/t16?,23-/m1/s1. The first kappa shape index (κ1) is 16.7. The van der Waals surface area contributed by atoms with Gasteiger partial charge in [0.05, 0.1) is 5.41 Å². The highest BCUT2D eigenvalue weighted by Gasteiger charge is 2.51. The average Bonchev–Trinajstić information content (AvgIpc) is 3.23. The normalized spacial score (nSPS) is 25.0. The van der Waals surface area contributed by atoms with Gasteiger partial charge >= 0.3 is 0 Å². The molecule has 1 saturated carbocycles. The van der Waals surface area contributed by atoms with E-state index in [0.717, 1.165) is 40.7 Å². The zero-order valence-corrected chi connectivity index (χ0v) is 15.0. The van der Waals surface area contributed by atoms with Crippen molar-refractivity contribution in [1.29, 1.82) is 0 Å². The molecule has 2 nitrogen and oxygen atoms in total. The zero-order valence-electron chi connectivity index (χ0n) is 15.0. The lowest BCUT2D eigenvalue weighted by Gasteiger charge is -2.30. The van der Waals surface area contributed by atoms with E-state index < -0.39 is 5.41 Å². The van der Waals surface area contributed by atoms with Gasteiger partial charge in [-0.25, -0.2) is 0 Å². The van der Waals surface area contributed by atoms with Gasteiger partial charge in [-0.1, -0.05) is 73.1 Å². The van der Waals surface area contributed by atoms with E-state index in [4.69, 9.17) is 5.73 Å². The smallest absolute Gasteiger partial charge is 0.180 e. The van der Waals surface area contributed by atoms with E-state index in [9.17, 15) is 4.79 Å². The lowest BCUT2D eigenvalue weighted by Crippen LogP contribution is -2.36. The summed E-state index contributed by atoms with van der Waals surface area (Å²) in [4.78, 5) is 13.4. The highest BCUT2D eigenvalue weighted by atomic mass is 16.1. The Kier molecular flexibility index (Phi) is 3.95. The van der Waals surface area contributed by atoms with Gasteiger partial charge in [0.2, 0.25) is 0 Å². The molecule has 2 atom stereocenters. The van der Waals surface area contributed by atoms with Gasteiger partial charge in [0.25, 0.3) is 0 Å². The Morgan fingerprint density at radius 2 is 1.92 bits per heavy atom. The minimum atomic E-state index is -0.587. The number of anilines is 1. The molecule has 0 amide bonds. The molecule has 0 aromatic heterocycles. The van der Waals surface area contributed by atoms with Crippen LogP contribution in [-0.2, 0) is 10.2 Å². The van der Waals surface area contributed by atoms with Crippen LogP contribution in [0.25, 0.3) is 5.57 Å². The maximum atomic E-state index is 13.4. The molecule has 2 aromatic carbocycles. The Morgan fingerprint density at radius 3 is 2.58 bits per heavy atom. The van der Waals surface area contributed by atoms with E-state index in [1.165, 1.54) is 0 Å². The van der Waals surface area contributed by atoms with E-state index in [1.807, 2.05) is 43.3 Å². The predicted octanol–water partition coefficient (Wildman–Crippen LogP) is 4.05. The van der Waals surface area contributed by atoms with Crippen molar-refractivity contribution in [2.45, 2.75) is 18.8 Å². The Hall–Kier alpha value is -2.81. The van der Waals surface area contributed by atoms with Crippen molar-refractivity contribution >= 4 is 24.3 Å². The first-order valence-corrected chi connectivity index (χ1v) is 9.07. The summed E-state index contributed by atoms with van der Waals surface area (Å²) in [5.41, 5.74) is 11.6. The second-order valence-electron chi connectivity index (χ2n) is 7.35. The number of rotatable bonds is 3. The van der Waals surface area contributed by atoms with E-state index in [0.29, 0.717) is 6.42 Å². The van der Waals surface area contributed by atoms with Gasteiger partial charge in [-0.2, -0.15) is 0 Å². The first-order valence-electron chi connectivity index (χ1n) is 9.07. The molecule has 4 rings (SSSR count). The second kappa shape index (κ2) is 6.17. The highest BCUT2D eigenvalue weighted by Crippen LogP contribution is 2.49. The Bertz CT molecular complexity index is 957. The third kappa shape index (κ3) is 2.47. The molecule has 1 aliphatic heterocycles. The fourth-order valence-electron chi connectivity index (χ4n) is 4.30. The van der Waals surface area contributed by atoms with Gasteiger partial charge in [0.15, 0.2) is 13.1 Å². The lowest BCUT2D eigenvalue weighted by molar-refractivity contribution is -0.123. The number of Topliss-reactive ketones (excluding diaryl/α,β-unsaturated/α-hetero) is 1. The largest absolute Gasteiger partial charge is 0.399 e. The molecule has 2 aromatic rings. The van der Waals surface area contributed by atoms with Gasteiger partial charge in [-0.3, -0.25) is 4.79 Å². The number of ketones is 1. The van der Waals surface area contributed by atoms with Crippen molar-refractivity contribution in [3.63, 3.8) is 0 Å². The molecule has 1 unspecified atom stereocenters. The van der Waals surface area contributed by atoms with E-state index in [1.54, 1.807) is 0 Å². The van der Waals surface area contributed by atoms with Crippen LogP contribution < -0.4 is 5.73 Å². The summed E-state index contributed by atoms with van der Waals surface area (Å²) in [6, 6.07) is 18.1. The summed E-state index contributed by atoms with van der Waals surface area (Å²) in [7, 11) is 0.783. The molecule has 0 bridgehead atoms. The van der Waals surface area contributed by atoms with E-state index >= 15 is 0 Å². The molecule has 1 aliphatic carbocycles. The zero-order chi connectivity index (χ0) is 18.3. The number of benzene rings is 2. The fraction of sp³-hybridized carbons (Fsp3) is 0.174. The van der Waals surface area contributed by atoms with Gasteiger partial charge in [-0.05, 0) is 35.3 Å². The Labute approximate surface area is 155 Å². The van der Waals surface area contributed by atoms with Crippen LogP contribution in [0.2, 0.25) is 0 Å². The van der Waals surface area contributed by atoms with Crippen LogP contribution in [0.3, 0.4) is 0 Å². The number of nitrogens with two attached hydrogens (primary N) is 1. The molecule has 26 heavy (non-hydrogen) atoms. The van der Waals surface area contributed by atoms with Gasteiger partial charge in [0, 0.05) is 11.6 Å². The quantitative estimate of drug-likeness (QED) is 0.521. The maximum Gasteiger partial charge on any atom is 0.180 e. The van der Waals surface area contributed by atoms with Crippen LogP contribution in [0.5, 0.6) is 0 Å². The third-order valence-electron chi connectivity index (χ3n) is 5.82. The predicted molar refractivity (Wildman–Crippen MR) is 110 cm³/mol. The number of carbonyl (C=O) groups excluding carboxylic acids is 1. The minimum Gasteiger partial charge on any atom is -0.399 e. The van der Waals surface area contributed by atoms with E-state index in [2.05, 4.69) is 36.8 Å². The summed E-state index contributed by atoms with van der Waals surface area (Å²) in [6.45, 7) is 6.17. The SMILES string of the molecule is C=C1C[C@](C2=CC(c3cccc(N)c3)=CB2)(c2ccccc2)C(=O)C1C. The maximum absolute atomic E-state index is 13.4. The van der Waals surface area contributed by atoms with Gasteiger partial charge in [-0.15, -0.1) is 5.98 Å². The van der Waals surface area contributed by atoms with Crippen LogP contribution in [0.15, 0.2) is 84.3 Å². The van der Waals surface area contributed by atoms with Crippen LogP contribution in [0.4, 0.5) is 5.69 Å². The summed E-state index contributed by atoms with van der Waals surface area (Å²) in [6.07, 6.45) is 2.88. The number of hydrogen-bond donors (Lipinski definition) is 1. The summed E-state index contributed by atoms with van der Waals surface area (Å²) >= 11 is 0. The van der Waals surface area contributed by atoms with Crippen LogP contribution in [0, 0.1) is 5.92 Å². The van der Waals surface area contributed by atoms with E-state index in [-0.39, 0.29) is 11.7 Å². The second-order valence-corrected chi connectivity index (χ2v) is 7.35. The number of hydrogen-bond acceptors (Lipinski definition) is 2. The first-order chi connectivity index (χ1) is 12.5. The highest BCUT2D eigenvalue weighted by molar-refractivity contribution is 6.57. The van der Waals surface area contributed by atoms with Crippen LogP contribution in [0.1, 0.15) is 24.5 Å². The molecule has 3 heteroatoms. The van der Waals surface area contributed by atoms with Gasteiger partial charge < -0.3 is 5.73 Å². The summed E-state index contributed by atoms with van der Waals surface area (Å²) in [5, 5.41) is 0. The molecule has 2 aliphatic rings. The molecular formula is C23H22BNO. The molecule has 1 heterocycles. The molecule has 128 valence electrons. The van der Waals surface area contributed by atoms with Crippen molar-refractivity contribution < 1.29 is 4.79 Å². The van der Waals surface area contributed by atoms with Crippen molar-refractivity contribution in [3.8, 4) is 0 Å². The van der Waals surface area contributed by atoms with Crippen LogP contribution in [-0.4, -0.2) is 13.1 Å². The molecule has 0 spiro atoms. The Balaban J connectivity index is 1.81. The summed E-state index contributed by atoms with van der Waals surface area (Å²) < 4.78 is 0. The van der Waals surface area contributed by atoms with Crippen molar-refractivity contribution in [1.82, 2.24) is 0 Å². The van der Waals surface area contributed by atoms with Crippen molar-refractivity contribution in [3.05, 3.63) is 95.4 Å².